The Morgan fingerprint density at radius 2 is 1.79 bits per heavy atom. The van der Waals surface area contributed by atoms with Gasteiger partial charge >= 0.3 is 6.18 Å². The zero-order valence-corrected chi connectivity index (χ0v) is 16.3. The first-order chi connectivity index (χ1) is 13.6. The van der Waals surface area contributed by atoms with Gasteiger partial charge in [0.05, 0.1) is 5.56 Å². The number of halogens is 3. The minimum absolute atomic E-state index is 0.0670. The van der Waals surface area contributed by atoms with E-state index in [1.807, 2.05) is 4.72 Å². The Bertz CT molecular complexity index is 1160. The molecule has 7 nitrogen and oxygen atoms in total. The number of sulfonamides is 1. The second-order valence-electron chi connectivity index (χ2n) is 5.83. The molecule has 0 aliphatic rings. The van der Waals surface area contributed by atoms with Gasteiger partial charge in [-0.05, 0) is 36.8 Å². The molecule has 0 fully saturated rings. The van der Waals surface area contributed by atoms with Gasteiger partial charge in [0.25, 0.3) is 20.3 Å². The highest BCUT2D eigenvalue weighted by molar-refractivity contribution is 7.94. The van der Waals surface area contributed by atoms with Gasteiger partial charge in [0.1, 0.15) is 0 Å². The summed E-state index contributed by atoms with van der Waals surface area (Å²) >= 11 is 0.571. The first kappa shape index (κ1) is 20.7. The summed E-state index contributed by atoms with van der Waals surface area (Å²) in [4.78, 5) is 12.3. The maximum absolute atomic E-state index is 12.8. The lowest BCUT2D eigenvalue weighted by Crippen LogP contribution is -2.14. The van der Waals surface area contributed by atoms with E-state index in [4.69, 9.17) is 0 Å². The average molecular weight is 442 g/mol. The molecule has 12 heteroatoms. The lowest BCUT2D eigenvalue weighted by molar-refractivity contribution is -0.137. The van der Waals surface area contributed by atoms with Crippen molar-refractivity contribution in [3.8, 4) is 0 Å². The van der Waals surface area contributed by atoms with E-state index in [1.165, 1.54) is 6.07 Å². The molecule has 0 spiro atoms. The van der Waals surface area contributed by atoms with Crippen molar-refractivity contribution in [2.24, 2.45) is 0 Å². The van der Waals surface area contributed by atoms with Gasteiger partial charge in [-0.25, -0.2) is 0 Å². The number of aryl methyl sites for hydroxylation is 1. The highest BCUT2D eigenvalue weighted by Crippen LogP contribution is 2.31. The van der Waals surface area contributed by atoms with Crippen molar-refractivity contribution in [3.63, 3.8) is 0 Å². The Hall–Kier alpha value is -2.99. The Kier molecular flexibility index (Phi) is 5.57. The molecular weight excluding hydrogens is 429 g/mol. The molecule has 0 unspecified atom stereocenters. The van der Waals surface area contributed by atoms with Crippen LogP contribution < -0.4 is 10.0 Å². The minimum Gasteiger partial charge on any atom is -0.296 e. The summed E-state index contributed by atoms with van der Waals surface area (Å²) in [5.41, 5.74) is -0.176. The molecular formula is C17H13F3N4O3S2. The van der Waals surface area contributed by atoms with Crippen LogP contribution in [0.3, 0.4) is 0 Å². The summed E-state index contributed by atoms with van der Waals surface area (Å²) in [6, 6.07) is 10.5. The number of nitrogens with one attached hydrogen (secondary N) is 2. The van der Waals surface area contributed by atoms with E-state index >= 15 is 0 Å². The second kappa shape index (κ2) is 7.79. The largest absolute Gasteiger partial charge is 0.416 e. The number of hydrogen-bond acceptors (Lipinski definition) is 6. The predicted octanol–water partition coefficient (Wildman–Crippen LogP) is 3.92. The molecule has 1 aromatic heterocycles. The van der Waals surface area contributed by atoms with Crippen LogP contribution in [0, 0.1) is 6.92 Å². The standard InChI is InChI=1S/C17H13F3N4O3S2/c1-10-5-2-3-8-13(10)14(25)21-15-22-23-16(28-15)29(26,27)24-12-7-4-6-11(9-12)17(18,19)20/h2-9,24H,1H3,(H,21,22,25). The summed E-state index contributed by atoms with van der Waals surface area (Å²) in [7, 11) is -4.29. The number of benzene rings is 2. The quantitative estimate of drug-likeness (QED) is 0.584. The van der Waals surface area contributed by atoms with Gasteiger partial charge in [0, 0.05) is 11.3 Å². The average Bonchev–Trinajstić information content (AvgIpc) is 3.10. The van der Waals surface area contributed by atoms with Crippen molar-refractivity contribution >= 4 is 38.1 Å². The molecule has 152 valence electrons. The Labute approximate surface area is 167 Å². The minimum atomic E-state index is -4.61. The highest BCUT2D eigenvalue weighted by Gasteiger charge is 2.31. The highest BCUT2D eigenvalue weighted by atomic mass is 32.2. The molecule has 29 heavy (non-hydrogen) atoms. The Morgan fingerprint density at radius 1 is 1.07 bits per heavy atom. The number of nitrogens with zero attached hydrogens (tertiary/aromatic N) is 2. The number of hydrogen-bond donors (Lipinski definition) is 2. The van der Waals surface area contributed by atoms with Crippen LogP contribution in [0.5, 0.6) is 0 Å². The fraction of sp³-hybridized carbons (Fsp3) is 0.118. The van der Waals surface area contributed by atoms with Gasteiger partial charge in [0.2, 0.25) is 5.13 Å². The Morgan fingerprint density at radius 3 is 2.48 bits per heavy atom. The molecule has 0 atom stereocenters. The SMILES string of the molecule is Cc1ccccc1C(=O)Nc1nnc(S(=O)(=O)Nc2cccc(C(F)(F)F)c2)s1. The number of aromatic nitrogens is 2. The van der Waals surface area contributed by atoms with Gasteiger partial charge in [-0.2, -0.15) is 21.6 Å². The zero-order valence-electron chi connectivity index (χ0n) is 14.7. The van der Waals surface area contributed by atoms with Crippen LogP contribution in [0.4, 0.5) is 24.0 Å². The monoisotopic (exact) mass is 442 g/mol. The third kappa shape index (κ3) is 4.90. The van der Waals surface area contributed by atoms with E-state index in [-0.39, 0.29) is 10.8 Å². The summed E-state index contributed by atoms with van der Waals surface area (Å²) in [5, 5.41) is 9.50. The molecule has 2 N–H and O–H groups in total. The van der Waals surface area contributed by atoms with Crippen molar-refractivity contribution in [1.82, 2.24) is 10.2 Å². The first-order valence-corrected chi connectivity index (χ1v) is 10.3. The summed E-state index contributed by atoms with van der Waals surface area (Å²) < 4.78 is 64.6. The molecule has 0 saturated carbocycles. The maximum Gasteiger partial charge on any atom is 0.416 e. The number of amides is 1. The molecule has 3 aromatic rings. The van der Waals surface area contributed by atoms with E-state index < -0.39 is 32.0 Å². The fourth-order valence-electron chi connectivity index (χ4n) is 2.32. The number of carbonyl (C=O) groups excluding carboxylic acids is 1. The molecule has 1 amide bonds. The predicted molar refractivity (Wildman–Crippen MR) is 101 cm³/mol. The van der Waals surface area contributed by atoms with Crippen LogP contribution in [0.15, 0.2) is 52.9 Å². The van der Waals surface area contributed by atoms with Gasteiger partial charge in [-0.1, -0.05) is 35.6 Å². The topological polar surface area (TPSA) is 101 Å². The van der Waals surface area contributed by atoms with Crippen LogP contribution in [0.2, 0.25) is 0 Å². The lowest BCUT2D eigenvalue weighted by atomic mass is 10.1. The summed E-state index contributed by atoms with van der Waals surface area (Å²) in [5.74, 6) is -0.492. The number of carbonyl (C=O) groups is 1. The summed E-state index contributed by atoms with van der Waals surface area (Å²) in [6.45, 7) is 1.74. The van der Waals surface area contributed by atoms with Crippen molar-refractivity contribution in [1.29, 1.82) is 0 Å². The molecule has 3 rings (SSSR count). The number of alkyl halides is 3. The normalized spacial score (nSPS) is 11.9. The van der Waals surface area contributed by atoms with Crippen molar-refractivity contribution in [2.75, 3.05) is 10.0 Å². The van der Waals surface area contributed by atoms with E-state index in [1.54, 1.807) is 31.2 Å². The smallest absolute Gasteiger partial charge is 0.296 e. The van der Waals surface area contributed by atoms with Crippen molar-refractivity contribution in [3.05, 3.63) is 65.2 Å². The van der Waals surface area contributed by atoms with Crippen molar-refractivity contribution in [2.45, 2.75) is 17.4 Å². The third-order valence-corrected chi connectivity index (χ3v) is 6.28. The lowest BCUT2D eigenvalue weighted by Gasteiger charge is -2.09. The molecule has 0 aliphatic heterocycles. The van der Waals surface area contributed by atoms with Crippen LogP contribution in [0.1, 0.15) is 21.5 Å². The molecule has 1 heterocycles. The molecule has 0 saturated heterocycles. The van der Waals surface area contributed by atoms with Gasteiger partial charge in [0.15, 0.2) is 0 Å². The molecule has 2 aromatic carbocycles. The van der Waals surface area contributed by atoms with Crippen molar-refractivity contribution < 1.29 is 26.4 Å². The van der Waals surface area contributed by atoms with Gasteiger partial charge < -0.3 is 0 Å². The Balaban J connectivity index is 1.77. The second-order valence-corrected chi connectivity index (χ2v) is 8.66. The van der Waals surface area contributed by atoms with Crippen LogP contribution in [0.25, 0.3) is 0 Å². The number of rotatable bonds is 5. The van der Waals surface area contributed by atoms with Crippen LogP contribution >= 0.6 is 11.3 Å². The molecule has 0 bridgehead atoms. The van der Waals surface area contributed by atoms with E-state index in [2.05, 4.69) is 15.5 Å². The number of anilines is 2. The van der Waals surface area contributed by atoms with Gasteiger partial charge in [-0.3, -0.25) is 14.8 Å². The van der Waals surface area contributed by atoms with E-state index in [9.17, 15) is 26.4 Å². The van der Waals surface area contributed by atoms with Crippen LogP contribution in [-0.4, -0.2) is 24.5 Å². The molecule has 0 aliphatic carbocycles. The molecule has 0 radical (unpaired) electrons. The van der Waals surface area contributed by atoms with Crippen LogP contribution in [-0.2, 0) is 16.2 Å². The fourth-order valence-corrected chi connectivity index (χ4v) is 4.26. The summed E-state index contributed by atoms with van der Waals surface area (Å²) in [6.07, 6.45) is -4.61. The van der Waals surface area contributed by atoms with E-state index in [0.717, 1.165) is 12.1 Å². The van der Waals surface area contributed by atoms with E-state index in [0.29, 0.717) is 28.5 Å². The maximum atomic E-state index is 12.8. The first-order valence-electron chi connectivity index (χ1n) is 7.97. The third-order valence-electron chi connectivity index (χ3n) is 3.69. The zero-order chi connectivity index (χ0) is 21.2. The van der Waals surface area contributed by atoms with Gasteiger partial charge in [-0.15, -0.1) is 10.2 Å².